The molecule has 160 valence electrons. The van der Waals surface area contributed by atoms with Gasteiger partial charge >= 0.3 is 6.18 Å². The monoisotopic (exact) mass is 439 g/mol. The van der Waals surface area contributed by atoms with Crippen molar-refractivity contribution in [3.05, 3.63) is 64.8 Å². The molecule has 1 aromatic heterocycles. The Morgan fingerprint density at radius 2 is 1.80 bits per heavy atom. The number of hydrogen-bond donors (Lipinski definition) is 1. The summed E-state index contributed by atoms with van der Waals surface area (Å²) in [6.07, 6.45) is -4.54. The highest BCUT2D eigenvalue weighted by Gasteiger charge is 2.34. The number of amides is 1. The van der Waals surface area contributed by atoms with Crippen molar-refractivity contribution in [1.29, 1.82) is 0 Å². The molecule has 0 saturated carbocycles. The predicted molar refractivity (Wildman–Crippen MR) is 111 cm³/mol. The summed E-state index contributed by atoms with van der Waals surface area (Å²) in [7, 11) is 2.82. The molecule has 0 saturated heterocycles. The lowest BCUT2D eigenvalue weighted by molar-refractivity contribution is -0.141. The van der Waals surface area contributed by atoms with Gasteiger partial charge in [-0.15, -0.1) is 0 Å². The third kappa shape index (κ3) is 5.13. The van der Waals surface area contributed by atoms with E-state index in [1.54, 1.807) is 36.4 Å². The lowest BCUT2D eigenvalue weighted by atomic mass is 10.1. The minimum Gasteiger partial charge on any atom is -0.495 e. The molecule has 0 aliphatic carbocycles. The Labute approximate surface area is 177 Å². The van der Waals surface area contributed by atoms with Crippen molar-refractivity contribution in [1.82, 2.24) is 9.78 Å². The third-order valence-corrected chi connectivity index (χ3v) is 4.36. The van der Waals surface area contributed by atoms with Crippen LogP contribution in [0.15, 0.2) is 48.5 Å². The predicted octanol–water partition coefficient (Wildman–Crippen LogP) is 6.05. The second-order valence-electron chi connectivity index (χ2n) is 5.89. The minimum atomic E-state index is -4.54. The molecule has 2 aromatic carbocycles. The van der Waals surface area contributed by atoms with Crippen LogP contribution in [0.3, 0.4) is 0 Å². The SMILES string of the molecule is CC.COc1cc(-c2cc(C(F)(F)F)nn2C)ccc1NC(=O)c1ccccc1Cl. The van der Waals surface area contributed by atoms with Crippen molar-refractivity contribution in [2.24, 2.45) is 7.05 Å². The molecule has 9 heteroatoms. The van der Waals surface area contributed by atoms with Crippen molar-refractivity contribution >= 4 is 23.2 Å². The number of halogens is 4. The molecular weight excluding hydrogens is 419 g/mol. The Hall–Kier alpha value is -3.00. The molecule has 0 bridgehead atoms. The van der Waals surface area contributed by atoms with Gasteiger partial charge in [-0.1, -0.05) is 43.6 Å². The summed E-state index contributed by atoms with van der Waals surface area (Å²) in [5.41, 5.74) is 0.374. The molecule has 0 unspecified atom stereocenters. The summed E-state index contributed by atoms with van der Waals surface area (Å²) < 4.78 is 45.1. The fourth-order valence-corrected chi connectivity index (χ4v) is 2.89. The van der Waals surface area contributed by atoms with Gasteiger partial charge in [0.2, 0.25) is 0 Å². The summed E-state index contributed by atoms with van der Waals surface area (Å²) in [5, 5.41) is 6.49. The van der Waals surface area contributed by atoms with Gasteiger partial charge < -0.3 is 10.1 Å². The van der Waals surface area contributed by atoms with E-state index in [-0.39, 0.29) is 17.0 Å². The zero-order valence-electron chi connectivity index (χ0n) is 16.8. The Balaban J connectivity index is 0.00000155. The van der Waals surface area contributed by atoms with Crippen LogP contribution in [0.25, 0.3) is 11.3 Å². The number of benzene rings is 2. The molecule has 1 heterocycles. The summed E-state index contributed by atoms with van der Waals surface area (Å²) in [6.45, 7) is 4.00. The normalized spacial score (nSPS) is 10.8. The lowest BCUT2D eigenvalue weighted by Crippen LogP contribution is -2.13. The second kappa shape index (κ2) is 9.67. The maximum absolute atomic E-state index is 12.9. The van der Waals surface area contributed by atoms with E-state index in [1.165, 1.54) is 20.2 Å². The van der Waals surface area contributed by atoms with E-state index >= 15 is 0 Å². The van der Waals surface area contributed by atoms with Gasteiger partial charge in [0.1, 0.15) is 5.75 Å². The van der Waals surface area contributed by atoms with E-state index in [2.05, 4.69) is 10.4 Å². The number of methoxy groups -OCH3 is 1. The maximum Gasteiger partial charge on any atom is 0.435 e. The first-order valence-electron chi connectivity index (χ1n) is 9.06. The maximum atomic E-state index is 12.9. The van der Waals surface area contributed by atoms with Crippen molar-refractivity contribution in [2.45, 2.75) is 20.0 Å². The van der Waals surface area contributed by atoms with Gasteiger partial charge in [-0.3, -0.25) is 9.48 Å². The molecule has 0 radical (unpaired) electrons. The second-order valence-corrected chi connectivity index (χ2v) is 6.29. The first-order valence-corrected chi connectivity index (χ1v) is 9.44. The van der Waals surface area contributed by atoms with E-state index in [4.69, 9.17) is 16.3 Å². The van der Waals surface area contributed by atoms with Gasteiger partial charge in [-0.25, -0.2) is 0 Å². The topological polar surface area (TPSA) is 56.1 Å². The Kier molecular flexibility index (Phi) is 7.50. The zero-order valence-corrected chi connectivity index (χ0v) is 17.6. The largest absolute Gasteiger partial charge is 0.495 e. The van der Waals surface area contributed by atoms with Crippen LogP contribution >= 0.6 is 11.6 Å². The number of nitrogens with one attached hydrogen (secondary N) is 1. The number of aromatic nitrogens is 2. The number of hydrogen-bond acceptors (Lipinski definition) is 3. The van der Waals surface area contributed by atoms with Crippen molar-refractivity contribution in [3.63, 3.8) is 0 Å². The van der Waals surface area contributed by atoms with Crippen LogP contribution in [0.4, 0.5) is 18.9 Å². The molecular formula is C21H21ClF3N3O2. The summed E-state index contributed by atoms with van der Waals surface area (Å²) in [6, 6.07) is 12.2. The van der Waals surface area contributed by atoms with Crippen LogP contribution < -0.4 is 10.1 Å². The highest BCUT2D eigenvalue weighted by Crippen LogP contribution is 2.35. The average molecular weight is 440 g/mol. The Bertz CT molecular complexity index is 1030. The van der Waals surface area contributed by atoms with Gasteiger partial charge in [-0.05, 0) is 30.3 Å². The van der Waals surface area contributed by atoms with Crippen molar-refractivity contribution in [2.75, 3.05) is 12.4 Å². The molecule has 3 aromatic rings. The van der Waals surface area contributed by atoms with Crippen LogP contribution in [-0.2, 0) is 13.2 Å². The molecule has 0 atom stereocenters. The number of carbonyl (C=O) groups is 1. The van der Waals surface area contributed by atoms with Gasteiger partial charge in [0.05, 0.1) is 29.1 Å². The molecule has 1 N–H and O–H groups in total. The standard InChI is InChI=1S/C19H15ClF3N3O2.C2H6/c1-26-15(10-17(25-26)19(21,22)23)11-7-8-14(16(9-11)28-2)24-18(27)12-5-3-4-6-13(12)20;1-2/h3-10H,1-2H3,(H,24,27);1-2H3. The van der Waals surface area contributed by atoms with E-state index in [0.717, 1.165) is 10.7 Å². The quantitative estimate of drug-likeness (QED) is 0.538. The summed E-state index contributed by atoms with van der Waals surface area (Å²) >= 11 is 6.03. The van der Waals surface area contributed by atoms with Crippen molar-refractivity contribution in [3.8, 4) is 17.0 Å². The van der Waals surface area contributed by atoms with Gasteiger partial charge in [-0.2, -0.15) is 18.3 Å². The van der Waals surface area contributed by atoms with Crippen LogP contribution in [0, 0.1) is 0 Å². The van der Waals surface area contributed by atoms with Crippen LogP contribution in [0.5, 0.6) is 5.75 Å². The smallest absolute Gasteiger partial charge is 0.435 e. The minimum absolute atomic E-state index is 0.259. The zero-order chi connectivity index (χ0) is 22.5. The van der Waals surface area contributed by atoms with E-state index < -0.39 is 17.8 Å². The number of rotatable bonds is 4. The number of ether oxygens (including phenoxy) is 1. The van der Waals surface area contributed by atoms with E-state index in [0.29, 0.717) is 16.3 Å². The van der Waals surface area contributed by atoms with Gasteiger partial charge in [0.15, 0.2) is 5.69 Å². The first kappa shape index (κ1) is 23.3. The number of carbonyl (C=O) groups excluding carboxylic acids is 1. The Morgan fingerprint density at radius 1 is 1.13 bits per heavy atom. The average Bonchev–Trinajstić information content (AvgIpc) is 3.12. The van der Waals surface area contributed by atoms with E-state index in [9.17, 15) is 18.0 Å². The number of aryl methyl sites for hydroxylation is 1. The molecule has 1 amide bonds. The molecule has 5 nitrogen and oxygen atoms in total. The molecule has 30 heavy (non-hydrogen) atoms. The van der Waals surface area contributed by atoms with Crippen LogP contribution in [0.2, 0.25) is 5.02 Å². The summed E-state index contributed by atoms with van der Waals surface area (Å²) in [5.74, 6) is -0.149. The Morgan fingerprint density at radius 3 is 2.37 bits per heavy atom. The van der Waals surface area contributed by atoms with E-state index in [1.807, 2.05) is 13.8 Å². The van der Waals surface area contributed by atoms with Crippen LogP contribution in [0.1, 0.15) is 29.9 Å². The molecule has 0 aliphatic heterocycles. The van der Waals surface area contributed by atoms with Gasteiger partial charge in [0.25, 0.3) is 5.91 Å². The fourth-order valence-electron chi connectivity index (χ4n) is 2.66. The van der Waals surface area contributed by atoms with Crippen molar-refractivity contribution < 1.29 is 22.7 Å². The highest BCUT2D eigenvalue weighted by atomic mass is 35.5. The van der Waals surface area contributed by atoms with Gasteiger partial charge in [0, 0.05) is 12.6 Å². The lowest BCUT2D eigenvalue weighted by Gasteiger charge is -2.12. The third-order valence-electron chi connectivity index (χ3n) is 4.03. The molecule has 0 fully saturated rings. The first-order chi connectivity index (χ1) is 14.2. The number of anilines is 1. The molecule has 0 spiro atoms. The number of nitrogens with zero attached hydrogens (tertiary/aromatic N) is 2. The summed E-state index contributed by atoms with van der Waals surface area (Å²) in [4.78, 5) is 12.4. The number of alkyl halides is 3. The highest BCUT2D eigenvalue weighted by molar-refractivity contribution is 6.34. The fraction of sp³-hybridized carbons (Fsp3) is 0.238. The molecule has 3 rings (SSSR count). The molecule has 0 aliphatic rings. The van der Waals surface area contributed by atoms with Crippen LogP contribution in [-0.4, -0.2) is 22.8 Å².